The SMILES string of the molecule is N#CC1C=CC(=NC2N=CNc3c2ccn3C2CCNCC2)C(Cl)=CC1. The smallest absolute Gasteiger partial charge is 0.171 e. The molecule has 6 nitrogen and oxygen atoms in total. The number of aliphatic imine (C=N–C) groups is 2. The molecule has 1 aromatic heterocycles. The van der Waals surface area contributed by atoms with Crippen LogP contribution in [0.5, 0.6) is 0 Å². The van der Waals surface area contributed by atoms with E-state index in [4.69, 9.17) is 21.9 Å². The lowest BCUT2D eigenvalue weighted by atomic mass is 10.1. The Labute approximate surface area is 158 Å². The first-order valence-electron chi connectivity index (χ1n) is 8.97. The molecule has 2 unspecified atom stereocenters. The number of anilines is 1. The van der Waals surface area contributed by atoms with Crippen LogP contribution < -0.4 is 10.6 Å². The van der Waals surface area contributed by atoms with E-state index in [1.807, 2.05) is 18.2 Å². The lowest BCUT2D eigenvalue weighted by Gasteiger charge is -2.27. The highest BCUT2D eigenvalue weighted by Gasteiger charge is 2.25. The largest absolute Gasteiger partial charge is 0.332 e. The Kier molecular flexibility index (Phi) is 4.91. The predicted molar refractivity (Wildman–Crippen MR) is 105 cm³/mol. The molecule has 0 bridgehead atoms. The number of aromatic nitrogens is 1. The Morgan fingerprint density at radius 2 is 2.19 bits per heavy atom. The van der Waals surface area contributed by atoms with Crippen molar-refractivity contribution in [1.82, 2.24) is 9.88 Å². The number of hydrogen-bond donors (Lipinski definition) is 2. The van der Waals surface area contributed by atoms with E-state index in [9.17, 15) is 0 Å². The van der Waals surface area contributed by atoms with Crippen LogP contribution in [-0.2, 0) is 0 Å². The summed E-state index contributed by atoms with van der Waals surface area (Å²) in [6.07, 6.45) is 11.9. The zero-order valence-electron chi connectivity index (χ0n) is 14.4. The summed E-state index contributed by atoms with van der Waals surface area (Å²) >= 11 is 6.37. The maximum Gasteiger partial charge on any atom is 0.171 e. The zero-order chi connectivity index (χ0) is 17.9. The molecule has 0 aromatic carbocycles. The summed E-state index contributed by atoms with van der Waals surface area (Å²) < 4.78 is 2.31. The van der Waals surface area contributed by atoms with Crippen LogP contribution in [0.3, 0.4) is 0 Å². The summed E-state index contributed by atoms with van der Waals surface area (Å²) in [5.74, 6) is 0.901. The van der Waals surface area contributed by atoms with Crippen molar-refractivity contribution in [3.05, 3.63) is 41.1 Å². The maximum absolute atomic E-state index is 9.11. The van der Waals surface area contributed by atoms with Crippen molar-refractivity contribution < 1.29 is 0 Å². The molecule has 2 aliphatic heterocycles. The number of rotatable bonds is 2. The van der Waals surface area contributed by atoms with Crippen molar-refractivity contribution in [2.75, 3.05) is 18.4 Å². The Hall–Kier alpha value is -2.36. The molecular weight excluding hydrogens is 348 g/mol. The first-order chi connectivity index (χ1) is 12.8. The van der Waals surface area contributed by atoms with E-state index in [0.717, 1.165) is 37.3 Å². The molecule has 1 aromatic rings. The molecule has 2 atom stereocenters. The zero-order valence-corrected chi connectivity index (χ0v) is 15.2. The second-order valence-electron chi connectivity index (χ2n) is 6.70. The van der Waals surface area contributed by atoms with Crippen molar-refractivity contribution in [2.45, 2.75) is 31.5 Å². The highest BCUT2D eigenvalue weighted by molar-refractivity contribution is 6.45. The minimum atomic E-state index is -0.324. The molecule has 3 aliphatic rings. The van der Waals surface area contributed by atoms with Crippen LogP contribution in [-0.4, -0.2) is 29.7 Å². The van der Waals surface area contributed by atoms with Crippen molar-refractivity contribution in [3.63, 3.8) is 0 Å². The number of hydrogen-bond acceptors (Lipinski definition) is 5. The van der Waals surface area contributed by atoms with Gasteiger partial charge in [-0.3, -0.25) is 4.99 Å². The standard InChI is InChI=1S/C19H21ClN6/c20-16-3-1-13(11-21)2-4-17(16)25-18-15-7-10-26(19(15)24-12-23-18)14-5-8-22-9-6-14/h2-4,7,10,12-14,18,22H,1,5-6,8-9H2,(H,23,24). The van der Waals surface area contributed by atoms with Crippen LogP contribution >= 0.6 is 11.6 Å². The van der Waals surface area contributed by atoms with Gasteiger partial charge in [-0.25, -0.2) is 4.99 Å². The van der Waals surface area contributed by atoms with Crippen molar-refractivity contribution >= 4 is 29.5 Å². The molecule has 0 saturated carbocycles. The highest BCUT2D eigenvalue weighted by Crippen LogP contribution is 2.35. The quantitative estimate of drug-likeness (QED) is 0.838. The molecule has 26 heavy (non-hydrogen) atoms. The number of nitriles is 1. The fourth-order valence-corrected chi connectivity index (χ4v) is 3.80. The summed E-state index contributed by atoms with van der Waals surface area (Å²) in [5.41, 5.74) is 1.73. The van der Waals surface area contributed by atoms with Gasteiger partial charge in [-0.2, -0.15) is 5.26 Å². The topological polar surface area (TPSA) is 77.5 Å². The number of piperidine rings is 1. The first-order valence-corrected chi connectivity index (χ1v) is 9.35. The van der Waals surface area contributed by atoms with E-state index in [1.165, 1.54) is 0 Å². The normalized spacial score (nSPS) is 27.4. The maximum atomic E-state index is 9.11. The van der Waals surface area contributed by atoms with Crippen molar-refractivity contribution in [1.29, 1.82) is 5.26 Å². The van der Waals surface area contributed by atoms with Crippen molar-refractivity contribution in [2.24, 2.45) is 15.9 Å². The number of halogens is 1. The molecule has 2 N–H and O–H groups in total. The number of nitrogens with zero attached hydrogens (tertiary/aromatic N) is 4. The van der Waals surface area contributed by atoms with E-state index < -0.39 is 0 Å². The molecule has 7 heteroatoms. The van der Waals surface area contributed by atoms with Crippen molar-refractivity contribution in [3.8, 4) is 6.07 Å². The Morgan fingerprint density at radius 3 is 3.00 bits per heavy atom. The van der Waals surface area contributed by atoms with E-state index in [0.29, 0.717) is 23.2 Å². The third-order valence-corrected chi connectivity index (χ3v) is 5.40. The van der Waals surface area contributed by atoms with E-state index >= 15 is 0 Å². The summed E-state index contributed by atoms with van der Waals surface area (Å²) in [4.78, 5) is 9.25. The average molecular weight is 369 g/mol. The van der Waals surface area contributed by atoms with Crippen LogP contribution in [0, 0.1) is 17.2 Å². The lowest BCUT2D eigenvalue weighted by Crippen LogP contribution is -2.30. The Balaban J connectivity index is 1.63. The van der Waals surface area contributed by atoms with Crippen LogP contribution in [0.15, 0.2) is 45.5 Å². The molecule has 1 fully saturated rings. The van der Waals surface area contributed by atoms with E-state index in [2.05, 4.69) is 38.5 Å². The number of allylic oxidation sites excluding steroid dienone is 4. The lowest BCUT2D eigenvalue weighted by molar-refractivity contribution is 0.372. The Bertz CT molecular complexity index is 835. The molecule has 0 spiro atoms. The fourth-order valence-electron chi connectivity index (χ4n) is 3.60. The number of nitrogens with one attached hydrogen (secondary N) is 2. The van der Waals surface area contributed by atoms with Crippen LogP contribution in [0.25, 0.3) is 0 Å². The van der Waals surface area contributed by atoms with Gasteiger partial charge in [-0.1, -0.05) is 23.8 Å². The third-order valence-electron chi connectivity index (χ3n) is 5.05. The predicted octanol–water partition coefficient (Wildman–Crippen LogP) is 3.53. The van der Waals surface area contributed by atoms with Crippen LogP contribution in [0.1, 0.15) is 37.0 Å². The molecule has 0 radical (unpaired) electrons. The van der Waals surface area contributed by atoms with E-state index in [-0.39, 0.29) is 12.1 Å². The van der Waals surface area contributed by atoms with Crippen LogP contribution in [0.2, 0.25) is 0 Å². The summed E-state index contributed by atoms with van der Waals surface area (Å²) in [6, 6.07) is 4.83. The third kappa shape index (κ3) is 3.33. The first kappa shape index (κ1) is 17.1. The van der Waals surface area contributed by atoms with Gasteiger partial charge in [0.15, 0.2) is 6.17 Å². The second-order valence-corrected chi connectivity index (χ2v) is 7.11. The number of fused-ring (bicyclic) bond motifs is 1. The monoisotopic (exact) mass is 368 g/mol. The van der Waals surface area contributed by atoms with Gasteiger partial charge in [-0.05, 0) is 44.5 Å². The van der Waals surface area contributed by atoms with Gasteiger partial charge < -0.3 is 15.2 Å². The summed E-state index contributed by atoms with van der Waals surface area (Å²) in [7, 11) is 0. The van der Waals surface area contributed by atoms with Gasteiger partial charge >= 0.3 is 0 Å². The second kappa shape index (κ2) is 7.48. The summed E-state index contributed by atoms with van der Waals surface area (Å²) in [6.45, 7) is 2.09. The van der Waals surface area contributed by atoms with Gasteiger partial charge in [0.2, 0.25) is 0 Å². The molecule has 1 saturated heterocycles. The van der Waals surface area contributed by atoms with Gasteiger partial charge in [0.25, 0.3) is 0 Å². The minimum Gasteiger partial charge on any atom is -0.332 e. The molecule has 3 heterocycles. The van der Waals surface area contributed by atoms with Gasteiger partial charge in [0.1, 0.15) is 5.82 Å². The van der Waals surface area contributed by atoms with E-state index in [1.54, 1.807) is 6.34 Å². The van der Waals surface area contributed by atoms with Gasteiger partial charge in [0.05, 0.1) is 29.1 Å². The molecule has 0 amide bonds. The molecule has 4 rings (SSSR count). The average Bonchev–Trinajstić information content (AvgIpc) is 3.04. The molecule has 1 aliphatic carbocycles. The van der Waals surface area contributed by atoms with Gasteiger partial charge in [-0.15, -0.1) is 0 Å². The molecular formula is C19H21ClN6. The Morgan fingerprint density at radius 1 is 1.35 bits per heavy atom. The fraction of sp³-hybridized carbons (Fsp3) is 0.421. The molecule has 134 valence electrons. The van der Waals surface area contributed by atoms with Gasteiger partial charge in [0, 0.05) is 17.8 Å². The highest BCUT2D eigenvalue weighted by atomic mass is 35.5. The van der Waals surface area contributed by atoms with Crippen LogP contribution in [0.4, 0.5) is 5.82 Å². The minimum absolute atomic E-state index is 0.162. The summed E-state index contributed by atoms with van der Waals surface area (Å²) in [5, 5.41) is 16.4.